The summed E-state index contributed by atoms with van der Waals surface area (Å²) in [7, 11) is 2.95. The van der Waals surface area contributed by atoms with Gasteiger partial charge in [-0.3, -0.25) is 23.7 Å². The van der Waals surface area contributed by atoms with Crippen LogP contribution in [0.1, 0.15) is 16.4 Å². The first-order valence-electron chi connectivity index (χ1n) is 11.4. The number of rotatable bonds is 6. The van der Waals surface area contributed by atoms with Crippen molar-refractivity contribution in [2.45, 2.75) is 22.7 Å². The van der Waals surface area contributed by atoms with Crippen LogP contribution in [0, 0.1) is 5.92 Å². The molecule has 2 unspecified atom stereocenters. The fourth-order valence-corrected chi connectivity index (χ4v) is 7.52. The van der Waals surface area contributed by atoms with Gasteiger partial charge in [0.15, 0.2) is 11.5 Å². The lowest BCUT2D eigenvalue weighted by molar-refractivity contribution is -0.135. The van der Waals surface area contributed by atoms with Crippen molar-refractivity contribution in [2.24, 2.45) is 11.7 Å². The fraction of sp³-hybridized carbons (Fsp3) is 0.240. The number of benzene rings is 2. The molecule has 2 aliphatic rings. The molecule has 1 fully saturated rings. The number of methoxy groups -OCH3 is 2. The topological polar surface area (TPSA) is 150 Å². The first-order valence-corrected chi connectivity index (χ1v) is 13.1. The van der Waals surface area contributed by atoms with E-state index < -0.39 is 45.7 Å². The molecule has 38 heavy (non-hydrogen) atoms. The normalized spacial score (nSPS) is 20.1. The van der Waals surface area contributed by atoms with Gasteiger partial charge in [-0.1, -0.05) is 47.4 Å². The van der Waals surface area contributed by atoms with Crippen LogP contribution in [-0.2, 0) is 20.9 Å². The van der Waals surface area contributed by atoms with Gasteiger partial charge in [-0.05, 0) is 29.8 Å². The number of thioether (sulfide) groups is 1. The number of nitrogens with one attached hydrogen (secondary N) is 1. The lowest BCUT2D eigenvalue weighted by Gasteiger charge is -2.31. The Morgan fingerprint density at radius 2 is 1.71 bits per heavy atom. The van der Waals surface area contributed by atoms with Crippen LogP contribution in [0.15, 0.2) is 58.4 Å². The summed E-state index contributed by atoms with van der Waals surface area (Å²) in [6.07, 6.45) is 0. The summed E-state index contributed by atoms with van der Waals surface area (Å²) >= 11 is 1.88. The van der Waals surface area contributed by atoms with E-state index in [1.165, 1.54) is 18.8 Å². The van der Waals surface area contributed by atoms with Crippen molar-refractivity contribution in [3.8, 4) is 11.5 Å². The second-order valence-corrected chi connectivity index (χ2v) is 10.7. The van der Waals surface area contributed by atoms with E-state index >= 15 is 0 Å². The van der Waals surface area contributed by atoms with Crippen LogP contribution in [0.3, 0.4) is 0 Å². The summed E-state index contributed by atoms with van der Waals surface area (Å²) in [5.41, 5.74) is 6.51. The molecule has 0 saturated carbocycles. The number of hydrogen-bond donors (Lipinski definition) is 2. The zero-order valence-corrected chi connectivity index (χ0v) is 21.8. The third kappa shape index (κ3) is 4.23. The molecule has 0 radical (unpaired) electrons. The Kier molecular flexibility index (Phi) is 6.71. The first-order chi connectivity index (χ1) is 18.2. The number of amides is 5. The van der Waals surface area contributed by atoms with Gasteiger partial charge in [-0.15, -0.1) is 0 Å². The molecule has 11 nitrogen and oxygen atoms in total. The number of fused-ring (bicyclic) bond motifs is 2. The van der Waals surface area contributed by atoms with Crippen LogP contribution in [0.2, 0.25) is 0 Å². The van der Waals surface area contributed by atoms with Crippen molar-refractivity contribution in [3.05, 3.63) is 68.6 Å². The molecule has 1 saturated heterocycles. The number of thiazole rings is 1. The van der Waals surface area contributed by atoms with Crippen molar-refractivity contribution < 1.29 is 28.7 Å². The van der Waals surface area contributed by atoms with Gasteiger partial charge in [0.1, 0.15) is 11.8 Å². The highest BCUT2D eigenvalue weighted by atomic mass is 32.2. The summed E-state index contributed by atoms with van der Waals surface area (Å²) in [6.45, 7) is -0.301. The quantitative estimate of drug-likeness (QED) is 0.441. The number of nitrogens with zero attached hydrogens (tertiary/aromatic N) is 2. The number of carbonyl (C=O) groups excluding carboxylic acids is 4. The Labute approximate surface area is 224 Å². The average Bonchev–Trinajstić information content (AvgIpc) is 3.34. The van der Waals surface area contributed by atoms with Crippen molar-refractivity contribution in [1.82, 2.24) is 9.47 Å². The largest absolute Gasteiger partial charge is 0.493 e. The highest BCUT2D eigenvalue weighted by Gasteiger charge is 2.58. The molecule has 2 aliphatic heterocycles. The fourth-order valence-electron chi connectivity index (χ4n) is 4.74. The third-order valence-corrected chi connectivity index (χ3v) is 9.00. The molecule has 196 valence electrons. The molecule has 3 aromatic rings. The molecule has 3 N–H and O–H groups in total. The van der Waals surface area contributed by atoms with Crippen molar-refractivity contribution in [3.63, 3.8) is 0 Å². The van der Waals surface area contributed by atoms with Crippen LogP contribution in [0.25, 0.3) is 0 Å². The summed E-state index contributed by atoms with van der Waals surface area (Å²) in [6, 6.07) is 12.7. The van der Waals surface area contributed by atoms with Crippen LogP contribution >= 0.6 is 23.1 Å². The van der Waals surface area contributed by atoms with Crippen LogP contribution < -0.4 is 25.4 Å². The zero-order chi connectivity index (χ0) is 27.1. The van der Waals surface area contributed by atoms with Crippen LogP contribution in [-0.4, -0.2) is 52.7 Å². The summed E-state index contributed by atoms with van der Waals surface area (Å²) in [5.74, 6) is -2.85. The predicted molar refractivity (Wildman–Crippen MR) is 140 cm³/mol. The number of likely N-dealkylation sites (tertiary alicyclic amines) is 1. The highest BCUT2D eigenvalue weighted by Crippen LogP contribution is 2.53. The van der Waals surface area contributed by atoms with Gasteiger partial charge in [0.05, 0.1) is 25.2 Å². The molecule has 3 atom stereocenters. The minimum atomic E-state index is -1.16. The first kappa shape index (κ1) is 25.5. The van der Waals surface area contributed by atoms with Gasteiger partial charge in [0.2, 0.25) is 11.8 Å². The highest BCUT2D eigenvalue weighted by molar-refractivity contribution is 8.00. The van der Waals surface area contributed by atoms with Gasteiger partial charge < -0.3 is 20.5 Å². The van der Waals surface area contributed by atoms with Gasteiger partial charge >= 0.3 is 10.9 Å². The number of imide groups is 3. The number of aromatic nitrogens is 1. The molecular weight excluding hydrogens is 532 g/mol. The number of urea groups is 1. The molecule has 13 heteroatoms. The van der Waals surface area contributed by atoms with Crippen molar-refractivity contribution in [2.75, 3.05) is 19.5 Å². The van der Waals surface area contributed by atoms with Gasteiger partial charge in [-0.2, -0.15) is 4.90 Å². The number of hydrogen-bond acceptors (Lipinski definition) is 9. The second kappa shape index (κ2) is 9.99. The molecule has 0 spiro atoms. The molecule has 0 aliphatic carbocycles. The van der Waals surface area contributed by atoms with Gasteiger partial charge in [-0.25, -0.2) is 4.79 Å². The molecule has 5 rings (SSSR count). The Morgan fingerprint density at radius 3 is 2.37 bits per heavy atom. The van der Waals surface area contributed by atoms with Crippen LogP contribution in [0.5, 0.6) is 11.5 Å². The van der Waals surface area contributed by atoms with Gasteiger partial charge in [0, 0.05) is 16.5 Å². The monoisotopic (exact) mass is 554 g/mol. The van der Waals surface area contributed by atoms with E-state index in [4.69, 9.17) is 15.2 Å². The molecule has 5 amide bonds. The van der Waals surface area contributed by atoms with E-state index in [9.17, 15) is 24.0 Å². The SMILES string of the molecule is COc1ccc([C@@H]2c3sc(=O)n(CC(=O)Nc4ccccc4)c3SC3C(=O)N(C(N)=O)C(=O)C32)cc1OC. The van der Waals surface area contributed by atoms with E-state index in [0.29, 0.717) is 37.6 Å². The van der Waals surface area contributed by atoms with Crippen molar-refractivity contribution >= 4 is 52.5 Å². The molecule has 0 bridgehead atoms. The number of ether oxygens (including phenoxy) is 2. The Morgan fingerprint density at radius 1 is 1.00 bits per heavy atom. The molecule has 3 heterocycles. The second-order valence-electron chi connectivity index (χ2n) is 8.54. The Bertz CT molecular complexity index is 1520. The molecule has 1 aromatic heterocycles. The number of para-hydroxylation sites is 1. The Balaban J connectivity index is 1.61. The molecule has 2 aromatic carbocycles. The van der Waals surface area contributed by atoms with E-state index in [1.807, 2.05) is 6.07 Å². The lowest BCUT2D eigenvalue weighted by atomic mass is 9.83. The van der Waals surface area contributed by atoms with E-state index in [-0.39, 0.29) is 6.54 Å². The maximum absolute atomic E-state index is 13.3. The minimum absolute atomic E-state index is 0.301. The Hall–Kier alpha value is -4.10. The standard InChI is InChI=1S/C25H22N4O7S2/c1-35-14-9-8-12(10-15(14)36-2)17-18-19(22(32)29(21(18)31)24(26)33)37-23-20(17)38-25(34)28(23)11-16(30)27-13-6-4-3-5-7-13/h3-10,17-19H,11H2,1-2H3,(H2,26,33)(H,27,30)/t17-,18?,19?/m0/s1. The lowest BCUT2D eigenvalue weighted by Crippen LogP contribution is -2.41. The number of nitrogens with two attached hydrogens (primary N) is 1. The van der Waals surface area contributed by atoms with E-state index in [1.54, 1.807) is 42.5 Å². The van der Waals surface area contributed by atoms with E-state index in [0.717, 1.165) is 23.1 Å². The van der Waals surface area contributed by atoms with Gasteiger partial charge in [0.25, 0.3) is 5.91 Å². The maximum atomic E-state index is 13.3. The van der Waals surface area contributed by atoms with Crippen LogP contribution in [0.4, 0.5) is 10.5 Å². The average molecular weight is 555 g/mol. The molecular formula is C25H22N4O7S2. The smallest absolute Gasteiger partial charge is 0.328 e. The third-order valence-electron chi connectivity index (χ3n) is 6.40. The number of carbonyl (C=O) groups is 4. The van der Waals surface area contributed by atoms with E-state index in [2.05, 4.69) is 5.32 Å². The minimum Gasteiger partial charge on any atom is -0.493 e. The zero-order valence-electron chi connectivity index (χ0n) is 20.2. The summed E-state index contributed by atoms with van der Waals surface area (Å²) in [5, 5.41) is 2.11. The van der Waals surface area contributed by atoms with Crippen molar-refractivity contribution in [1.29, 1.82) is 0 Å². The summed E-state index contributed by atoms with van der Waals surface area (Å²) < 4.78 is 12.0. The maximum Gasteiger partial charge on any atom is 0.328 e. The summed E-state index contributed by atoms with van der Waals surface area (Å²) in [4.78, 5) is 65.0. The number of anilines is 1. The predicted octanol–water partition coefficient (Wildman–Crippen LogP) is 2.24. The number of primary amides is 1.